The van der Waals surface area contributed by atoms with E-state index in [2.05, 4.69) is 0 Å². The zero-order chi connectivity index (χ0) is 14.9. The van der Waals surface area contributed by atoms with Crippen molar-refractivity contribution in [2.75, 3.05) is 12.3 Å². The Morgan fingerprint density at radius 1 is 1.45 bits per heavy atom. The average Bonchev–Trinajstić information content (AvgIpc) is 2.41. The van der Waals surface area contributed by atoms with Gasteiger partial charge in [-0.05, 0) is 24.6 Å². The predicted molar refractivity (Wildman–Crippen MR) is 77.6 cm³/mol. The van der Waals surface area contributed by atoms with Gasteiger partial charge in [0.2, 0.25) is 10.0 Å². The van der Waals surface area contributed by atoms with E-state index >= 15 is 0 Å². The zero-order valence-corrected chi connectivity index (χ0v) is 13.0. The van der Waals surface area contributed by atoms with E-state index in [1.807, 2.05) is 13.8 Å². The van der Waals surface area contributed by atoms with Gasteiger partial charge in [0, 0.05) is 23.6 Å². The van der Waals surface area contributed by atoms with Crippen LogP contribution in [0.1, 0.15) is 19.4 Å². The van der Waals surface area contributed by atoms with E-state index in [0.717, 1.165) is 6.07 Å². The Bertz CT molecular complexity index is 591. The van der Waals surface area contributed by atoms with E-state index in [9.17, 15) is 12.8 Å². The minimum Gasteiger partial charge on any atom is -0.392 e. The summed E-state index contributed by atoms with van der Waals surface area (Å²) in [6, 6.07) is 3.56. The topological polar surface area (TPSA) is 57.6 Å². The molecule has 0 aliphatic carbocycles. The van der Waals surface area contributed by atoms with E-state index in [1.54, 1.807) is 11.8 Å². The third-order valence-electron chi connectivity index (χ3n) is 3.59. The summed E-state index contributed by atoms with van der Waals surface area (Å²) in [4.78, 5) is -0.319. The molecule has 1 aromatic carbocycles. The summed E-state index contributed by atoms with van der Waals surface area (Å²) in [6.07, 6.45) is 0. The van der Waals surface area contributed by atoms with Gasteiger partial charge in [0.15, 0.2) is 0 Å². The smallest absolute Gasteiger partial charge is 0.246 e. The lowest BCUT2D eigenvalue weighted by Gasteiger charge is -2.36. The molecule has 1 aliphatic heterocycles. The highest BCUT2D eigenvalue weighted by molar-refractivity contribution is 8.00. The molecule has 0 radical (unpaired) electrons. The van der Waals surface area contributed by atoms with Crippen LogP contribution in [0.3, 0.4) is 0 Å². The molecule has 1 N–H and O–H groups in total. The molecular weight excluding hydrogens is 301 g/mol. The van der Waals surface area contributed by atoms with Gasteiger partial charge in [0.1, 0.15) is 10.7 Å². The second kappa shape index (κ2) is 6.01. The van der Waals surface area contributed by atoms with E-state index in [4.69, 9.17) is 5.11 Å². The maximum atomic E-state index is 14.0. The Hall–Kier alpha value is -0.630. The van der Waals surface area contributed by atoms with Crippen LogP contribution in [-0.4, -0.2) is 41.4 Å². The van der Waals surface area contributed by atoms with Crippen molar-refractivity contribution in [3.63, 3.8) is 0 Å². The summed E-state index contributed by atoms with van der Waals surface area (Å²) < 4.78 is 40.5. The van der Waals surface area contributed by atoms with Gasteiger partial charge in [0.05, 0.1) is 6.61 Å². The van der Waals surface area contributed by atoms with Crippen molar-refractivity contribution in [2.24, 2.45) is 0 Å². The fourth-order valence-corrected chi connectivity index (χ4v) is 5.26. The fourth-order valence-electron chi connectivity index (χ4n) is 2.22. The van der Waals surface area contributed by atoms with E-state index in [1.165, 1.54) is 16.4 Å². The second-order valence-corrected chi connectivity index (χ2v) is 8.20. The lowest BCUT2D eigenvalue weighted by molar-refractivity contribution is 0.281. The van der Waals surface area contributed by atoms with Crippen LogP contribution in [0.5, 0.6) is 0 Å². The Balaban J connectivity index is 2.39. The molecule has 2 atom stereocenters. The molecule has 1 aliphatic rings. The van der Waals surface area contributed by atoms with Crippen LogP contribution in [0.4, 0.5) is 4.39 Å². The number of hydrogen-bond acceptors (Lipinski definition) is 4. The van der Waals surface area contributed by atoms with E-state index in [0.29, 0.717) is 17.9 Å². The number of hydrogen-bond donors (Lipinski definition) is 1. The quantitative estimate of drug-likeness (QED) is 0.923. The third kappa shape index (κ3) is 2.86. The molecule has 2 rings (SSSR count). The van der Waals surface area contributed by atoms with Crippen LogP contribution in [-0.2, 0) is 16.6 Å². The zero-order valence-electron chi connectivity index (χ0n) is 11.4. The summed E-state index contributed by atoms with van der Waals surface area (Å²) in [5, 5.41) is 9.13. The third-order valence-corrected chi connectivity index (χ3v) is 6.95. The van der Waals surface area contributed by atoms with Crippen molar-refractivity contribution < 1.29 is 17.9 Å². The van der Waals surface area contributed by atoms with Gasteiger partial charge in [-0.15, -0.1) is 0 Å². The monoisotopic (exact) mass is 319 g/mol. The van der Waals surface area contributed by atoms with Gasteiger partial charge in [-0.1, -0.05) is 13.0 Å². The van der Waals surface area contributed by atoms with E-state index in [-0.39, 0.29) is 22.8 Å². The summed E-state index contributed by atoms with van der Waals surface area (Å²) >= 11 is 1.72. The number of benzene rings is 1. The molecule has 112 valence electrons. The fraction of sp³-hybridized carbons (Fsp3) is 0.538. The van der Waals surface area contributed by atoms with Crippen molar-refractivity contribution in [2.45, 2.75) is 36.6 Å². The summed E-state index contributed by atoms with van der Waals surface area (Å²) in [6.45, 7) is 3.89. The molecule has 0 bridgehead atoms. The Labute approximate surface area is 123 Å². The van der Waals surface area contributed by atoms with Gasteiger partial charge in [0.25, 0.3) is 0 Å². The number of aliphatic hydroxyl groups is 1. The van der Waals surface area contributed by atoms with Crippen molar-refractivity contribution >= 4 is 21.8 Å². The van der Waals surface area contributed by atoms with Crippen molar-refractivity contribution in [3.05, 3.63) is 29.6 Å². The number of rotatable bonds is 3. The minimum atomic E-state index is -3.84. The lowest BCUT2D eigenvalue weighted by Crippen LogP contribution is -2.48. The van der Waals surface area contributed by atoms with Crippen molar-refractivity contribution in [1.82, 2.24) is 4.31 Å². The Kier molecular flexibility index (Phi) is 4.73. The molecule has 0 saturated carbocycles. The number of halogens is 1. The highest BCUT2D eigenvalue weighted by Crippen LogP contribution is 2.30. The first-order chi connectivity index (χ1) is 9.37. The number of aliphatic hydroxyl groups excluding tert-OH is 1. The summed E-state index contributed by atoms with van der Waals surface area (Å²) in [5.74, 6) is -0.101. The lowest BCUT2D eigenvalue weighted by atomic mass is 10.2. The molecule has 0 spiro atoms. The van der Waals surface area contributed by atoms with Gasteiger partial charge in [-0.3, -0.25) is 0 Å². The van der Waals surface area contributed by atoms with Gasteiger partial charge in [-0.2, -0.15) is 16.1 Å². The molecule has 4 nitrogen and oxygen atoms in total. The summed E-state index contributed by atoms with van der Waals surface area (Å²) in [7, 11) is -3.84. The molecule has 1 saturated heterocycles. The van der Waals surface area contributed by atoms with Gasteiger partial charge >= 0.3 is 0 Å². The number of sulfonamides is 1. The maximum absolute atomic E-state index is 14.0. The minimum absolute atomic E-state index is 0.171. The van der Waals surface area contributed by atoms with Crippen LogP contribution in [0.25, 0.3) is 0 Å². The molecule has 1 heterocycles. The van der Waals surface area contributed by atoms with Crippen LogP contribution in [0.15, 0.2) is 23.1 Å². The maximum Gasteiger partial charge on any atom is 0.246 e. The first kappa shape index (κ1) is 15.8. The summed E-state index contributed by atoms with van der Waals surface area (Å²) in [5.41, 5.74) is 0.358. The predicted octanol–water partition coefficient (Wildman–Crippen LogP) is 1.83. The largest absolute Gasteiger partial charge is 0.392 e. The second-order valence-electron chi connectivity index (χ2n) is 4.86. The number of thioether (sulfide) groups is 1. The standard InChI is InChI=1S/C13H18FNO3S2/c1-9-10(2)19-6-5-15(9)20(17,18)13-4-3-11(8-16)7-12(13)14/h3-4,7,9-10,16H,5-6,8H2,1-2H3. The molecule has 7 heteroatoms. The van der Waals surface area contributed by atoms with Crippen LogP contribution in [0, 0.1) is 5.82 Å². The normalized spacial score (nSPS) is 24.8. The molecule has 0 amide bonds. The molecule has 1 aromatic rings. The highest BCUT2D eigenvalue weighted by Gasteiger charge is 2.36. The number of nitrogens with zero attached hydrogens (tertiary/aromatic N) is 1. The van der Waals surface area contributed by atoms with Crippen molar-refractivity contribution in [3.8, 4) is 0 Å². The molecular formula is C13H18FNO3S2. The highest BCUT2D eigenvalue weighted by atomic mass is 32.2. The molecule has 20 heavy (non-hydrogen) atoms. The molecule has 1 fully saturated rings. The van der Waals surface area contributed by atoms with E-state index < -0.39 is 15.8 Å². The first-order valence-electron chi connectivity index (χ1n) is 6.40. The Morgan fingerprint density at radius 2 is 2.15 bits per heavy atom. The van der Waals surface area contributed by atoms with Crippen LogP contribution in [0.2, 0.25) is 0 Å². The van der Waals surface area contributed by atoms with Crippen molar-refractivity contribution in [1.29, 1.82) is 0 Å². The molecule has 0 aromatic heterocycles. The van der Waals surface area contributed by atoms with Gasteiger partial charge < -0.3 is 5.11 Å². The average molecular weight is 319 g/mol. The molecule has 2 unspecified atom stereocenters. The van der Waals surface area contributed by atoms with Gasteiger partial charge in [-0.25, -0.2) is 12.8 Å². The SMILES string of the molecule is CC1SCCN(S(=O)(=O)c2ccc(CO)cc2F)C1C. The van der Waals surface area contributed by atoms with Crippen LogP contribution >= 0.6 is 11.8 Å². The van der Waals surface area contributed by atoms with Crippen LogP contribution < -0.4 is 0 Å². The Morgan fingerprint density at radius 3 is 2.75 bits per heavy atom. The first-order valence-corrected chi connectivity index (χ1v) is 8.89.